The number of carboxylic acids is 1. The summed E-state index contributed by atoms with van der Waals surface area (Å²) >= 11 is 19.4. The Morgan fingerprint density at radius 2 is 1.89 bits per heavy atom. The van der Waals surface area contributed by atoms with E-state index in [1.807, 2.05) is 4.31 Å². The molecular weight excluding hydrogens is 319 g/mol. The number of halogens is 3. The summed E-state index contributed by atoms with van der Waals surface area (Å²) in [5, 5.41) is 10.1. The second-order valence-electron chi connectivity index (χ2n) is 3.66. The number of aliphatic carboxylic acids is 1. The highest BCUT2D eigenvalue weighted by Gasteiger charge is 2.26. The molecule has 1 aromatic carbocycles. The predicted molar refractivity (Wildman–Crippen MR) is 75.6 cm³/mol. The summed E-state index contributed by atoms with van der Waals surface area (Å²) in [7, 11) is 0. The van der Waals surface area contributed by atoms with Gasteiger partial charge in [-0.05, 0) is 12.1 Å². The molecule has 1 aliphatic rings. The molecule has 0 bridgehead atoms. The molecule has 0 atom stereocenters. The maximum absolute atomic E-state index is 10.6. The summed E-state index contributed by atoms with van der Waals surface area (Å²) in [6.07, 6.45) is 0. The van der Waals surface area contributed by atoms with Crippen LogP contribution in [-0.2, 0) is 4.79 Å². The average molecular weight is 328 g/mol. The zero-order chi connectivity index (χ0) is 13.3. The van der Waals surface area contributed by atoms with Gasteiger partial charge in [0.15, 0.2) is 0 Å². The number of carboxylic acid groups (broad SMARTS) is 1. The molecule has 1 aliphatic heterocycles. The number of nitrogens with zero attached hydrogens (tertiary/aromatic N) is 2. The number of hydrogen-bond acceptors (Lipinski definition) is 4. The lowest BCUT2D eigenvalue weighted by Gasteiger charge is -2.19. The highest BCUT2D eigenvalue weighted by molar-refractivity contribution is 7.98. The van der Waals surface area contributed by atoms with Gasteiger partial charge < -0.3 is 5.11 Å². The largest absolute Gasteiger partial charge is 0.480 e. The van der Waals surface area contributed by atoms with Gasteiger partial charge in [0.2, 0.25) is 0 Å². The van der Waals surface area contributed by atoms with E-state index >= 15 is 0 Å². The minimum Gasteiger partial charge on any atom is -0.480 e. The van der Waals surface area contributed by atoms with Crippen LogP contribution in [0.4, 0.5) is 5.69 Å². The summed E-state index contributed by atoms with van der Waals surface area (Å²) in [6.45, 7) is 1.26. The fourth-order valence-electron chi connectivity index (χ4n) is 1.61. The van der Waals surface area contributed by atoms with Crippen molar-refractivity contribution in [2.24, 2.45) is 0 Å². The van der Waals surface area contributed by atoms with Crippen LogP contribution in [0.15, 0.2) is 12.1 Å². The summed E-state index contributed by atoms with van der Waals surface area (Å²) in [5.74, 6) is -0.863. The second kappa shape index (κ2) is 5.75. The fraction of sp³-hybridized carbons (Fsp3) is 0.300. The summed E-state index contributed by atoms with van der Waals surface area (Å²) < 4.78 is 3.59. The molecule has 8 heteroatoms. The lowest BCUT2D eigenvalue weighted by Crippen LogP contribution is -2.21. The van der Waals surface area contributed by atoms with Crippen LogP contribution in [0.2, 0.25) is 15.1 Å². The van der Waals surface area contributed by atoms with Crippen molar-refractivity contribution in [1.82, 2.24) is 4.31 Å². The lowest BCUT2D eigenvalue weighted by molar-refractivity contribution is -0.137. The number of anilines is 1. The van der Waals surface area contributed by atoms with Crippen molar-refractivity contribution in [3.8, 4) is 0 Å². The summed E-state index contributed by atoms with van der Waals surface area (Å²) in [6, 6.07) is 3.23. The van der Waals surface area contributed by atoms with Gasteiger partial charge in [0.1, 0.15) is 6.54 Å². The van der Waals surface area contributed by atoms with Gasteiger partial charge in [0, 0.05) is 30.2 Å². The van der Waals surface area contributed by atoms with E-state index in [9.17, 15) is 4.79 Å². The third kappa shape index (κ3) is 3.16. The first kappa shape index (κ1) is 14.1. The number of carbonyl (C=O) groups is 1. The zero-order valence-electron chi connectivity index (χ0n) is 9.07. The van der Waals surface area contributed by atoms with Gasteiger partial charge in [-0.2, -0.15) is 0 Å². The van der Waals surface area contributed by atoms with Crippen molar-refractivity contribution in [3.05, 3.63) is 27.2 Å². The van der Waals surface area contributed by atoms with E-state index in [0.717, 1.165) is 0 Å². The van der Waals surface area contributed by atoms with Crippen LogP contribution in [0, 0.1) is 0 Å². The summed E-state index contributed by atoms with van der Waals surface area (Å²) in [5.41, 5.74) is 0.667. The Morgan fingerprint density at radius 3 is 2.44 bits per heavy atom. The molecule has 4 nitrogen and oxygen atoms in total. The molecule has 0 aliphatic carbocycles. The minimum absolute atomic E-state index is 0.0238. The van der Waals surface area contributed by atoms with Gasteiger partial charge in [-0.25, -0.2) is 4.31 Å². The highest BCUT2D eigenvalue weighted by Crippen LogP contribution is 2.41. The predicted octanol–water partition coefficient (Wildman–Crippen LogP) is 3.42. The number of rotatable bonds is 3. The van der Waals surface area contributed by atoms with E-state index in [1.165, 1.54) is 12.1 Å². The standard InChI is InChI=1S/C10H9Cl3N2O2S/c11-6-3-7(12)10(8(13)4-6)15-2-1-14(18-15)5-9(16)17/h3-4H,1-2,5H2,(H,16,17). The molecule has 0 unspecified atom stereocenters. The summed E-state index contributed by atoms with van der Waals surface area (Å²) in [4.78, 5) is 10.6. The molecule has 1 heterocycles. The van der Waals surface area contributed by atoms with E-state index in [2.05, 4.69) is 0 Å². The average Bonchev–Trinajstić information content (AvgIpc) is 2.63. The smallest absolute Gasteiger partial charge is 0.318 e. The quantitative estimate of drug-likeness (QED) is 0.862. The monoisotopic (exact) mass is 326 g/mol. The Kier molecular flexibility index (Phi) is 4.50. The van der Waals surface area contributed by atoms with Crippen molar-refractivity contribution in [2.45, 2.75) is 0 Å². The van der Waals surface area contributed by atoms with Crippen LogP contribution in [-0.4, -0.2) is 35.0 Å². The molecule has 1 fully saturated rings. The first-order valence-corrected chi connectivity index (χ1v) is 6.90. The SMILES string of the molecule is O=C(O)CN1CCN(c2c(Cl)cc(Cl)cc2Cl)S1. The third-order valence-corrected chi connectivity index (χ3v) is 4.21. The van der Waals surface area contributed by atoms with Crippen molar-refractivity contribution in [3.63, 3.8) is 0 Å². The van der Waals surface area contributed by atoms with E-state index in [0.29, 0.717) is 33.8 Å². The van der Waals surface area contributed by atoms with E-state index in [4.69, 9.17) is 39.9 Å². The Morgan fingerprint density at radius 1 is 1.28 bits per heavy atom. The van der Waals surface area contributed by atoms with Crippen molar-refractivity contribution < 1.29 is 9.90 Å². The molecule has 0 spiro atoms. The Hall–Kier alpha value is -0.330. The lowest BCUT2D eigenvalue weighted by atomic mass is 10.3. The van der Waals surface area contributed by atoms with Crippen LogP contribution in [0.1, 0.15) is 0 Å². The first-order valence-electron chi connectivity index (χ1n) is 5.04. The molecule has 0 saturated carbocycles. The molecule has 0 amide bonds. The molecule has 1 saturated heterocycles. The maximum Gasteiger partial charge on any atom is 0.318 e. The van der Waals surface area contributed by atoms with Crippen molar-refractivity contribution in [1.29, 1.82) is 0 Å². The van der Waals surface area contributed by atoms with Gasteiger partial charge in [0.05, 0.1) is 15.7 Å². The normalized spacial score (nSPS) is 16.3. The molecule has 98 valence electrons. The molecule has 1 N–H and O–H groups in total. The number of benzene rings is 1. The molecule has 18 heavy (non-hydrogen) atoms. The second-order valence-corrected chi connectivity index (χ2v) is 6.03. The van der Waals surface area contributed by atoms with E-state index in [-0.39, 0.29) is 6.54 Å². The molecule has 0 aromatic heterocycles. The van der Waals surface area contributed by atoms with E-state index < -0.39 is 5.97 Å². The van der Waals surface area contributed by atoms with Gasteiger partial charge in [0.25, 0.3) is 0 Å². The number of hydrogen-bond donors (Lipinski definition) is 1. The molecular formula is C10H9Cl3N2O2S. The topological polar surface area (TPSA) is 43.8 Å². The van der Waals surface area contributed by atoms with E-state index in [1.54, 1.807) is 16.4 Å². The van der Waals surface area contributed by atoms with Crippen LogP contribution < -0.4 is 4.31 Å². The zero-order valence-corrected chi connectivity index (χ0v) is 12.2. The minimum atomic E-state index is -0.863. The Labute approximate surface area is 124 Å². The van der Waals surface area contributed by atoms with Crippen LogP contribution in [0.3, 0.4) is 0 Å². The third-order valence-electron chi connectivity index (χ3n) is 2.31. The molecule has 1 aromatic rings. The van der Waals surface area contributed by atoms with Gasteiger partial charge >= 0.3 is 5.97 Å². The molecule has 2 rings (SSSR count). The van der Waals surface area contributed by atoms with Crippen molar-refractivity contribution in [2.75, 3.05) is 23.9 Å². The maximum atomic E-state index is 10.6. The van der Waals surface area contributed by atoms with Crippen molar-refractivity contribution >= 4 is 58.6 Å². The van der Waals surface area contributed by atoms with Crippen LogP contribution >= 0.6 is 46.9 Å². The Bertz CT molecular complexity index is 463. The Balaban J connectivity index is 2.17. The van der Waals surface area contributed by atoms with Gasteiger partial charge in [-0.15, -0.1) is 0 Å². The van der Waals surface area contributed by atoms with Crippen LogP contribution in [0.25, 0.3) is 0 Å². The van der Waals surface area contributed by atoms with Crippen LogP contribution in [0.5, 0.6) is 0 Å². The first-order chi connectivity index (χ1) is 8.47. The van der Waals surface area contributed by atoms with Gasteiger partial charge in [-0.3, -0.25) is 9.10 Å². The van der Waals surface area contributed by atoms with Gasteiger partial charge in [-0.1, -0.05) is 34.8 Å². The molecule has 0 radical (unpaired) electrons. The highest BCUT2D eigenvalue weighted by atomic mass is 35.5. The fourth-order valence-corrected chi connectivity index (χ4v) is 3.78.